The van der Waals surface area contributed by atoms with Gasteiger partial charge in [-0.15, -0.1) is 0 Å². The summed E-state index contributed by atoms with van der Waals surface area (Å²) in [5.74, 6) is 0. The maximum atomic E-state index is 6.59. The van der Waals surface area contributed by atoms with Crippen LogP contribution in [0.15, 0.2) is 114 Å². The van der Waals surface area contributed by atoms with Gasteiger partial charge in [0, 0.05) is 34.3 Å². The lowest BCUT2D eigenvalue weighted by molar-refractivity contribution is 0.664. The normalized spacial score (nSPS) is 11.6. The Morgan fingerprint density at radius 1 is 0.424 bits per heavy atom. The molecule has 0 saturated carbocycles. The first-order chi connectivity index (χ1) is 16.4. The van der Waals surface area contributed by atoms with Gasteiger partial charge in [-0.2, -0.15) is 0 Å². The summed E-state index contributed by atoms with van der Waals surface area (Å²) in [6.45, 7) is 0. The molecule has 3 heteroatoms. The van der Waals surface area contributed by atoms with Gasteiger partial charge in [0.05, 0.1) is 11.4 Å². The summed E-state index contributed by atoms with van der Waals surface area (Å²) < 4.78 is 6.59. The van der Waals surface area contributed by atoms with E-state index in [9.17, 15) is 0 Å². The van der Waals surface area contributed by atoms with Crippen molar-refractivity contribution < 1.29 is 4.42 Å². The third-order valence-corrected chi connectivity index (χ3v) is 6.40. The van der Waals surface area contributed by atoms with Crippen LogP contribution >= 0.6 is 0 Å². The highest BCUT2D eigenvalue weighted by Crippen LogP contribution is 2.41. The van der Waals surface area contributed by atoms with Gasteiger partial charge in [-0.25, -0.2) is 0 Å². The zero-order valence-corrected chi connectivity index (χ0v) is 17.7. The van der Waals surface area contributed by atoms with Gasteiger partial charge in [0.25, 0.3) is 0 Å². The summed E-state index contributed by atoms with van der Waals surface area (Å²) in [6, 6.07) is 33.3. The Kier molecular flexibility index (Phi) is 3.84. The number of benzene rings is 4. The topological polar surface area (TPSA) is 38.9 Å². The minimum absolute atomic E-state index is 0.864. The first-order valence-corrected chi connectivity index (χ1v) is 11.0. The van der Waals surface area contributed by atoms with E-state index in [1.54, 1.807) is 0 Å². The molecule has 154 valence electrons. The highest BCUT2D eigenvalue weighted by atomic mass is 16.3. The molecular weight excluding hydrogens is 404 g/mol. The molecule has 7 aromatic rings. The zero-order valence-electron chi connectivity index (χ0n) is 17.7. The van der Waals surface area contributed by atoms with Crippen LogP contribution in [-0.2, 0) is 0 Å². The molecule has 7 rings (SSSR count). The second-order valence-corrected chi connectivity index (χ2v) is 8.21. The van der Waals surface area contributed by atoms with Crippen LogP contribution in [0.2, 0.25) is 0 Å². The number of aromatic nitrogens is 2. The maximum Gasteiger partial charge on any atom is 0.135 e. The summed E-state index contributed by atoms with van der Waals surface area (Å²) in [5, 5.41) is 6.84. The molecule has 0 fully saturated rings. The summed E-state index contributed by atoms with van der Waals surface area (Å²) in [5.41, 5.74) is 5.85. The highest BCUT2D eigenvalue weighted by Gasteiger charge is 2.16. The van der Waals surface area contributed by atoms with Crippen LogP contribution < -0.4 is 0 Å². The van der Waals surface area contributed by atoms with Crippen LogP contribution in [0.4, 0.5) is 0 Å². The van der Waals surface area contributed by atoms with Crippen molar-refractivity contribution >= 4 is 43.5 Å². The van der Waals surface area contributed by atoms with Gasteiger partial charge < -0.3 is 4.42 Å². The van der Waals surface area contributed by atoms with E-state index in [0.717, 1.165) is 55.2 Å². The van der Waals surface area contributed by atoms with Crippen LogP contribution in [-0.4, -0.2) is 9.97 Å². The third-order valence-electron chi connectivity index (χ3n) is 6.40. The van der Waals surface area contributed by atoms with Crippen LogP contribution in [0.5, 0.6) is 0 Å². The first-order valence-electron chi connectivity index (χ1n) is 11.0. The molecule has 0 aliphatic carbocycles. The lowest BCUT2D eigenvalue weighted by Crippen LogP contribution is -1.86. The number of hydrogen-bond acceptors (Lipinski definition) is 3. The Hall–Kier alpha value is -4.50. The highest BCUT2D eigenvalue weighted by molar-refractivity contribution is 6.26. The van der Waals surface area contributed by atoms with Crippen LogP contribution in [0.3, 0.4) is 0 Å². The standard InChI is InChI=1S/C30H18N2O/c1-3-17-31-25(11-1)19-13-15-27-29-21(19)7-5-9-23(29)24-10-6-8-22-20(26-12-2-4-18-32-26)14-16-28(33-27)30(22)24/h1-18H. The van der Waals surface area contributed by atoms with E-state index >= 15 is 0 Å². The number of nitrogens with zero attached hydrogens (tertiary/aromatic N) is 2. The molecule has 0 N–H and O–H groups in total. The molecule has 0 aliphatic heterocycles. The molecule has 3 nitrogen and oxygen atoms in total. The van der Waals surface area contributed by atoms with E-state index in [1.165, 1.54) is 10.8 Å². The molecule has 3 heterocycles. The number of rotatable bonds is 2. The molecule has 33 heavy (non-hydrogen) atoms. The SMILES string of the molecule is c1ccc(-c2ccc3oc4ccc(-c5ccccn5)c5cccc(c6cccc2c36)c45)nc1. The van der Waals surface area contributed by atoms with Crippen molar-refractivity contribution in [1.82, 2.24) is 9.97 Å². The van der Waals surface area contributed by atoms with Crippen LogP contribution in [0.25, 0.3) is 66.0 Å². The fraction of sp³-hybridized carbons (Fsp3) is 0. The number of hydrogen-bond donors (Lipinski definition) is 0. The number of pyridine rings is 2. The molecular formula is C30H18N2O. The van der Waals surface area contributed by atoms with E-state index in [2.05, 4.69) is 82.8 Å². The molecule has 0 amide bonds. The molecule has 4 aromatic carbocycles. The Labute approximate surface area is 190 Å². The third kappa shape index (κ3) is 2.69. The molecule has 0 saturated heterocycles. The van der Waals surface area contributed by atoms with Crippen molar-refractivity contribution in [2.45, 2.75) is 0 Å². The van der Waals surface area contributed by atoms with Gasteiger partial charge >= 0.3 is 0 Å². The fourth-order valence-corrected chi connectivity index (χ4v) is 4.98. The van der Waals surface area contributed by atoms with Crippen molar-refractivity contribution in [3.05, 3.63) is 109 Å². The maximum absolute atomic E-state index is 6.59. The van der Waals surface area contributed by atoms with Crippen molar-refractivity contribution in [3.8, 4) is 22.5 Å². The predicted octanol–water partition coefficient (Wildman–Crippen LogP) is 8.02. The summed E-state index contributed by atoms with van der Waals surface area (Å²) >= 11 is 0. The van der Waals surface area contributed by atoms with Crippen molar-refractivity contribution in [1.29, 1.82) is 0 Å². The predicted molar refractivity (Wildman–Crippen MR) is 135 cm³/mol. The van der Waals surface area contributed by atoms with Gasteiger partial charge in [0.15, 0.2) is 0 Å². The molecule has 0 atom stereocenters. The quantitative estimate of drug-likeness (QED) is 0.283. The van der Waals surface area contributed by atoms with E-state index in [-0.39, 0.29) is 0 Å². The minimum Gasteiger partial charge on any atom is -0.456 e. The van der Waals surface area contributed by atoms with Gasteiger partial charge in [-0.1, -0.05) is 48.5 Å². The molecule has 3 aromatic heterocycles. The molecule has 0 spiro atoms. The molecule has 0 radical (unpaired) electrons. The second-order valence-electron chi connectivity index (χ2n) is 8.21. The smallest absolute Gasteiger partial charge is 0.135 e. The zero-order chi connectivity index (χ0) is 21.8. The fourth-order valence-electron chi connectivity index (χ4n) is 4.98. The van der Waals surface area contributed by atoms with E-state index in [4.69, 9.17) is 4.42 Å². The van der Waals surface area contributed by atoms with E-state index in [1.807, 2.05) is 36.7 Å². The second kappa shape index (κ2) is 7.01. The average Bonchev–Trinajstić information content (AvgIpc) is 3.03. The lowest BCUT2D eigenvalue weighted by Gasteiger charge is -2.09. The van der Waals surface area contributed by atoms with E-state index < -0.39 is 0 Å². The Bertz CT molecular complexity index is 1670. The average molecular weight is 422 g/mol. The minimum atomic E-state index is 0.864. The van der Waals surface area contributed by atoms with Crippen LogP contribution in [0.1, 0.15) is 0 Å². The summed E-state index contributed by atoms with van der Waals surface area (Å²) in [6.07, 6.45) is 3.67. The van der Waals surface area contributed by atoms with Crippen molar-refractivity contribution in [2.75, 3.05) is 0 Å². The Balaban J connectivity index is 1.67. The monoisotopic (exact) mass is 422 g/mol. The lowest BCUT2D eigenvalue weighted by atomic mass is 9.94. The molecule has 0 bridgehead atoms. The summed E-state index contributed by atoms with van der Waals surface area (Å²) in [7, 11) is 0. The summed E-state index contributed by atoms with van der Waals surface area (Å²) in [4.78, 5) is 9.20. The largest absolute Gasteiger partial charge is 0.456 e. The van der Waals surface area contributed by atoms with Gasteiger partial charge in [0.1, 0.15) is 11.2 Å². The molecule has 0 aliphatic rings. The Morgan fingerprint density at radius 3 is 1.36 bits per heavy atom. The van der Waals surface area contributed by atoms with Crippen molar-refractivity contribution in [3.63, 3.8) is 0 Å². The first kappa shape index (κ1) is 18.1. The van der Waals surface area contributed by atoms with Gasteiger partial charge in [-0.05, 0) is 70.1 Å². The van der Waals surface area contributed by atoms with Gasteiger partial charge in [0.2, 0.25) is 0 Å². The number of fused-ring (bicyclic) bond motifs is 1. The van der Waals surface area contributed by atoms with Crippen LogP contribution in [0, 0.1) is 0 Å². The van der Waals surface area contributed by atoms with E-state index in [0.29, 0.717) is 0 Å². The van der Waals surface area contributed by atoms with Crippen molar-refractivity contribution in [2.24, 2.45) is 0 Å². The Morgan fingerprint density at radius 2 is 0.909 bits per heavy atom. The van der Waals surface area contributed by atoms with Gasteiger partial charge in [-0.3, -0.25) is 9.97 Å². The molecule has 0 unspecified atom stereocenters.